The first-order chi connectivity index (χ1) is 23.2. The highest BCUT2D eigenvalue weighted by atomic mass is 32.1. The molecule has 10 nitrogen and oxygen atoms in total. The summed E-state index contributed by atoms with van der Waals surface area (Å²) in [6.07, 6.45) is 5.29. The zero-order valence-corrected chi connectivity index (χ0v) is 33.8. The van der Waals surface area contributed by atoms with Gasteiger partial charge in [-0.15, -0.1) is 0 Å². The number of carbonyl (C=O) groups is 3. The van der Waals surface area contributed by atoms with Crippen molar-refractivity contribution < 1.29 is 23.9 Å². The van der Waals surface area contributed by atoms with Crippen LogP contribution in [0.5, 0.6) is 0 Å². The van der Waals surface area contributed by atoms with E-state index >= 15 is 0 Å². The number of aromatic amines is 1. The van der Waals surface area contributed by atoms with E-state index < -0.39 is 17.3 Å². The molecule has 1 aliphatic heterocycles. The Hall–Kier alpha value is -3.81. The maximum absolute atomic E-state index is 13.3. The average molecular weight is 768 g/mol. The second-order valence-electron chi connectivity index (χ2n) is 15.1. The number of alkyl carbamates (subject to hydrolysis) is 1. The minimum Gasteiger partial charge on any atom is -0.444 e. The van der Waals surface area contributed by atoms with Crippen molar-refractivity contribution in [3.05, 3.63) is 78.2 Å². The van der Waals surface area contributed by atoms with E-state index in [-0.39, 0.29) is 70.6 Å². The Bertz CT molecular complexity index is 1870. The molecule has 0 radical (unpaired) electrons. The van der Waals surface area contributed by atoms with E-state index in [1.165, 1.54) is 0 Å². The van der Waals surface area contributed by atoms with Crippen LogP contribution in [-0.2, 0) is 9.47 Å². The molecule has 3 aromatic carbocycles. The number of imidazole rings is 1. The highest BCUT2D eigenvalue weighted by molar-refractivity contribution is 7.59. The molecule has 3 atom stereocenters. The molecule has 13 heteroatoms. The predicted molar refractivity (Wildman–Crippen MR) is 221 cm³/mol. The fourth-order valence-electron chi connectivity index (χ4n) is 6.69. The van der Waals surface area contributed by atoms with Crippen molar-refractivity contribution in [2.24, 2.45) is 0 Å². The lowest BCUT2D eigenvalue weighted by molar-refractivity contribution is 0.0218. The lowest BCUT2D eigenvalue weighted by atomic mass is 9.98. The van der Waals surface area contributed by atoms with E-state index in [1.807, 2.05) is 72.0 Å². The summed E-state index contributed by atoms with van der Waals surface area (Å²) in [5.41, 5.74) is 3.28. The number of nitrogens with one attached hydrogen (secondary N) is 3. The molecule has 0 unspecified atom stereocenters. The second-order valence-corrected chi connectivity index (χ2v) is 15.1. The highest BCUT2D eigenvalue weighted by Crippen LogP contribution is 2.34. The number of H-pyrrole nitrogens is 1. The van der Waals surface area contributed by atoms with E-state index in [0.717, 1.165) is 71.1 Å². The zero-order valence-electron chi connectivity index (χ0n) is 30.8. The molecular formula is C39H53N5O5S3. The molecule has 3 N–H and O–H groups in total. The van der Waals surface area contributed by atoms with Crippen molar-refractivity contribution in [2.45, 2.75) is 103 Å². The number of hydrogen-bond acceptors (Lipinski definition) is 6. The molecule has 6 rings (SSSR count). The van der Waals surface area contributed by atoms with Gasteiger partial charge < -0.3 is 25.1 Å². The summed E-state index contributed by atoms with van der Waals surface area (Å²) in [7, 11) is 0. The van der Waals surface area contributed by atoms with E-state index in [2.05, 4.69) is 57.0 Å². The molecule has 2 fully saturated rings. The van der Waals surface area contributed by atoms with Gasteiger partial charge in [-0.1, -0.05) is 36.4 Å². The molecule has 1 aliphatic carbocycles. The third kappa shape index (κ3) is 10.4. The minimum atomic E-state index is -0.583. The van der Waals surface area contributed by atoms with Crippen LogP contribution in [-0.4, -0.2) is 62.8 Å². The van der Waals surface area contributed by atoms with Crippen molar-refractivity contribution >= 4 is 69.4 Å². The number of ether oxygens (including phenoxy) is 2. The van der Waals surface area contributed by atoms with Crippen molar-refractivity contribution in [1.82, 2.24) is 25.5 Å². The quantitative estimate of drug-likeness (QED) is 0.181. The molecular weight excluding hydrogens is 715 g/mol. The number of amides is 3. The highest BCUT2D eigenvalue weighted by Gasteiger charge is 2.35. The maximum atomic E-state index is 13.3. The molecule has 52 heavy (non-hydrogen) atoms. The molecule has 2 heterocycles. The van der Waals surface area contributed by atoms with Gasteiger partial charge in [-0.3, -0.25) is 9.69 Å². The van der Waals surface area contributed by atoms with E-state index in [1.54, 1.807) is 4.90 Å². The Labute approximate surface area is 327 Å². The Balaban J connectivity index is 0.00000243. The molecule has 1 aromatic heterocycles. The molecule has 282 valence electrons. The van der Waals surface area contributed by atoms with Gasteiger partial charge in [-0.05, 0) is 120 Å². The Morgan fingerprint density at radius 3 is 2.04 bits per heavy atom. The lowest BCUT2D eigenvalue weighted by Gasteiger charge is -2.27. The Morgan fingerprint density at radius 1 is 0.750 bits per heavy atom. The van der Waals surface area contributed by atoms with E-state index in [0.29, 0.717) is 12.1 Å². The van der Waals surface area contributed by atoms with Gasteiger partial charge in [0, 0.05) is 23.7 Å². The van der Waals surface area contributed by atoms with Crippen LogP contribution in [0.2, 0.25) is 0 Å². The van der Waals surface area contributed by atoms with Crippen molar-refractivity contribution in [1.29, 1.82) is 0 Å². The number of likely N-dealkylation sites (tertiary alicyclic amines) is 1. The summed E-state index contributed by atoms with van der Waals surface area (Å²) in [4.78, 5) is 48.4. The van der Waals surface area contributed by atoms with Crippen LogP contribution in [0.25, 0.3) is 33.2 Å². The predicted octanol–water partition coefficient (Wildman–Crippen LogP) is 8.48. The summed E-state index contributed by atoms with van der Waals surface area (Å²) in [6.45, 7) is 11.8. The molecule has 1 saturated heterocycles. The number of rotatable bonds is 6. The largest absolute Gasteiger partial charge is 0.444 e. The summed E-state index contributed by atoms with van der Waals surface area (Å²) < 4.78 is 11.1. The van der Waals surface area contributed by atoms with Crippen LogP contribution in [0.4, 0.5) is 9.59 Å². The fourth-order valence-corrected chi connectivity index (χ4v) is 6.69. The number of benzene rings is 3. The summed E-state index contributed by atoms with van der Waals surface area (Å²) in [5.74, 6) is 0.599. The van der Waals surface area contributed by atoms with Gasteiger partial charge in [-0.25, -0.2) is 14.6 Å². The number of hydrogen-bond donors (Lipinski definition) is 3. The van der Waals surface area contributed by atoms with Gasteiger partial charge in [-0.2, -0.15) is 40.5 Å². The zero-order chi connectivity index (χ0) is 34.9. The third-order valence-electron chi connectivity index (χ3n) is 8.94. The van der Waals surface area contributed by atoms with Gasteiger partial charge in [0.1, 0.15) is 17.0 Å². The van der Waals surface area contributed by atoms with Gasteiger partial charge in [0.25, 0.3) is 5.91 Å². The standard InChI is InChI=1S/C39H47N5O5.3H2S/c1-38(2,3)48-36(46)43-31-13-8-12-30(31)42-35(45)29-11-7-10-24(22-29)25-15-16-27-21-28(18-17-26(27)20-25)32-23-40-34(41-32)33-14-9-19-44(33)37(47)49-39(4,5)6;;;/h7,10-11,15-18,20-23,30-31,33H,8-9,12-14,19H2,1-6H3,(H,40,41)(H,42,45)(H,43,46);3*1H2/t30-,31-,33-;;;/m0.../s1. The molecule has 1 saturated carbocycles. The monoisotopic (exact) mass is 767 g/mol. The van der Waals surface area contributed by atoms with Crippen LogP contribution < -0.4 is 10.6 Å². The van der Waals surface area contributed by atoms with Gasteiger partial charge in [0.05, 0.1) is 24.0 Å². The summed E-state index contributed by atoms with van der Waals surface area (Å²) in [6, 6.07) is 19.7. The van der Waals surface area contributed by atoms with Crippen molar-refractivity contribution in [3.8, 4) is 22.4 Å². The molecule has 3 amide bonds. The number of aromatic nitrogens is 2. The van der Waals surface area contributed by atoms with Gasteiger partial charge >= 0.3 is 12.2 Å². The number of nitrogens with zero attached hydrogens (tertiary/aromatic N) is 2. The third-order valence-corrected chi connectivity index (χ3v) is 8.94. The van der Waals surface area contributed by atoms with E-state index in [9.17, 15) is 14.4 Å². The lowest BCUT2D eigenvalue weighted by Crippen LogP contribution is -2.49. The Kier molecular flexibility index (Phi) is 14.2. The Morgan fingerprint density at radius 2 is 1.37 bits per heavy atom. The van der Waals surface area contributed by atoms with E-state index in [4.69, 9.17) is 9.47 Å². The smallest absolute Gasteiger partial charge is 0.410 e. The molecule has 0 spiro atoms. The average Bonchev–Trinajstić information content (AvgIpc) is 3.80. The van der Waals surface area contributed by atoms with Crippen molar-refractivity contribution in [2.75, 3.05) is 6.54 Å². The number of carbonyl (C=O) groups excluding carboxylic acids is 3. The number of fused-ring (bicyclic) bond motifs is 1. The van der Waals surface area contributed by atoms with Gasteiger partial charge in [0.15, 0.2) is 0 Å². The van der Waals surface area contributed by atoms with Crippen LogP contribution in [0.15, 0.2) is 66.9 Å². The molecule has 0 bridgehead atoms. The normalized spacial score (nSPS) is 18.4. The van der Waals surface area contributed by atoms with Crippen LogP contribution >= 0.6 is 40.5 Å². The fraction of sp³-hybridized carbons (Fsp3) is 0.436. The summed E-state index contributed by atoms with van der Waals surface area (Å²) >= 11 is 0. The van der Waals surface area contributed by atoms with Crippen LogP contribution in [0.1, 0.15) is 95.9 Å². The summed E-state index contributed by atoms with van der Waals surface area (Å²) in [5, 5.41) is 8.22. The van der Waals surface area contributed by atoms with Crippen molar-refractivity contribution in [3.63, 3.8) is 0 Å². The topological polar surface area (TPSA) is 126 Å². The first-order valence-corrected chi connectivity index (χ1v) is 17.2. The maximum Gasteiger partial charge on any atom is 0.410 e. The minimum absolute atomic E-state index is 0. The SMILES string of the molecule is CC(C)(C)OC(=O)N[C@H]1CCC[C@@H]1NC(=O)c1cccc(-c2ccc3cc(-c4cnc([C@@H]5CCCN5C(=O)OC(C)(C)C)[nH]4)ccc3c2)c1.S.S.S. The van der Waals surface area contributed by atoms with Crippen LogP contribution in [0, 0.1) is 0 Å². The van der Waals surface area contributed by atoms with Gasteiger partial charge in [0.2, 0.25) is 0 Å². The first kappa shape index (κ1) is 42.6. The second kappa shape index (κ2) is 17.3. The molecule has 4 aromatic rings. The molecule has 2 aliphatic rings. The van der Waals surface area contributed by atoms with Crippen LogP contribution in [0.3, 0.4) is 0 Å². The first-order valence-electron chi connectivity index (χ1n) is 17.2.